The van der Waals surface area contributed by atoms with E-state index in [-0.39, 0.29) is 11.2 Å². The molecule has 5 heteroatoms. The summed E-state index contributed by atoms with van der Waals surface area (Å²) in [4.78, 5) is 13.2. The van der Waals surface area contributed by atoms with Crippen molar-refractivity contribution in [2.24, 2.45) is 0 Å². The number of rotatable bonds is 3. The highest BCUT2D eigenvalue weighted by molar-refractivity contribution is 8.07. The van der Waals surface area contributed by atoms with Crippen molar-refractivity contribution in [3.63, 3.8) is 0 Å². The van der Waals surface area contributed by atoms with E-state index in [1.54, 1.807) is 23.5 Å². The van der Waals surface area contributed by atoms with E-state index in [0.29, 0.717) is 0 Å². The quantitative estimate of drug-likeness (QED) is 0.864. The van der Waals surface area contributed by atoms with Crippen molar-refractivity contribution in [1.29, 1.82) is 0 Å². The fraction of sp³-hybridized carbons (Fsp3) is 0.417. The Hall–Kier alpha value is -0.260. The first kappa shape index (κ1) is 13.2. The minimum Gasteiger partial charge on any atom is -0.325 e. The van der Waals surface area contributed by atoms with Gasteiger partial charge >= 0.3 is 0 Å². The van der Waals surface area contributed by atoms with Crippen molar-refractivity contribution >= 4 is 46.9 Å². The van der Waals surface area contributed by atoms with Gasteiger partial charge in [-0.2, -0.15) is 11.8 Å². The van der Waals surface area contributed by atoms with Gasteiger partial charge in [-0.1, -0.05) is 6.07 Å². The molecule has 1 amide bonds. The first-order valence-electron chi connectivity index (χ1n) is 5.44. The van der Waals surface area contributed by atoms with Crippen LogP contribution >= 0.6 is 35.3 Å². The number of nitrogens with one attached hydrogen (secondary N) is 1. The molecule has 92 valence electrons. The van der Waals surface area contributed by atoms with Gasteiger partial charge in [0.15, 0.2) is 0 Å². The molecule has 17 heavy (non-hydrogen) atoms. The molecule has 2 rings (SSSR count). The van der Waals surface area contributed by atoms with E-state index in [0.717, 1.165) is 22.9 Å². The molecule has 1 fully saturated rings. The molecule has 1 atom stereocenters. The van der Waals surface area contributed by atoms with Crippen LogP contribution in [0.1, 0.15) is 0 Å². The van der Waals surface area contributed by atoms with Gasteiger partial charge in [-0.05, 0) is 24.5 Å². The highest BCUT2D eigenvalue weighted by Crippen LogP contribution is 2.26. The van der Waals surface area contributed by atoms with Crippen LogP contribution in [0.2, 0.25) is 0 Å². The predicted molar refractivity (Wildman–Crippen MR) is 80.4 cm³/mol. The second-order valence-electron chi connectivity index (χ2n) is 3.66. The smallest absolute Gasteiger partial charge is 0.238 e. The van der Waals surface area contributed by atoms with Gasteiger partial charge in [0.05, 0.1) is 5.25 Å². The Labute approximate surface area is 115 Å². The average molecular weight is 285 g/mol. The third-order valence-electron chi connectivity index (χ3n) is 2.45. The number of hydrogen-bond donors (Lipinski definition) is 1. The van der Waals surface area contributed by atoms with Crippen LogP contribution in [-0.2, 0) is 4.79 Å². The summed E-state index contributed by atoms with van der Waals surface area (Å²) in [5, 5.41) is 3.10. The normalized spacial score (nSPS) is 19.9. The lowest BCUT2D eigenvalue weighted by atomic mass is 10.3. The Morgan fingerprint density at radius 1 is 1.47 bits per heavy atom. The fourth-order valence-corrected chi connectivity index (χ4v) is 4.58. The molecule has 1 heterocycles. The molecule has 0 saturated carbocycles. The molecule has 1 aliphatic rings. The number of carbonyl (C=O) groups is 1. The topological polar surface area (TPSA) is 29.1 Å². The first-order chi connectivity index (χ1) is 8.29. The molecule has 1 unspecified atom stereocenters. The monoisotopic (exact) mass is 285 g/mol. The number of carbonyl (C=O) groups excluding carboxylic acids is 1. The Bertz CT molecular complexity index is 391. The zero-order valence-electron chi connectivity index (χ0n) is 9.64. The summed E-state index contributed by atoms with van der Waals surface area (Å²) in [7, 11) is 0. The molecular weight excluding hydrogens is 270 g/mol. The minimum absolute atomic E-state index is 0.103. The van der Waals surface area contributed by atoms with Crippen molar-refractivity contribution < 1.29 is 4.79 Å². The third-order valence-corrected chi connectivity index (χ3v) is 5.93. The molecule has 0 spiro atoms. The third kappa shape index (κ3) is 3.86. The van der Waals surface area contributed by atoms with E-state index < -0.39 is 0 Å². The maximum atomic E-state index is 12.0. The molecular formula is C12H15NOS3. The molecule has 1 aliphatic heterocycles. The predicted octanol–water partition coefficient (Wildman–Crippen LogP) is 3.20. The molecule has 1 N–H and O–H groups in total. The maximum Gasteiger partial charge on any atom is 0.238 e. The van der Waals surface area contributed by atoms with Crippen LogP contribution in [0.25, 0.3) is 0 Å². The number of thioether (sulfide) groups is 3. The van der Waals surface area contributed by atoms with Crippen molar-refractivity contribution in [2.45, 2.75) is 10.1 Å². The van der Waals surface area contributed by atoms with Crippen molar-refractivity contribution in [2.75, 3.05) is 28.8 Å². The van der Waals surface area contributed by atoms with Crippen molar-refractivity contribution in [3.05, 3.63) is 24.3 Å². The van der Waals surface area contributed by atoms with Gasteiger partial charge in [0.1, 0.15) is 0 Å². The van der Waals surface area contributed by atoms with Crippen LogP contribution in [0.3, 0.4) is 0 Å². The summed E-state index contributed by atoms with van der Waals surface area (Å²) in [5.41, 5.74) is 0.901. The second kappa shape index (κ2) is 6.61. The lowest BCUT2D eigenvalue weighted by Crippen LogP contribution is -2.30. The summed E-state index contributed by atoms with van der Waals surface area (Å²) in [6, 6.07) is 7.98. The van der Waals surface area contributed by atoms with Crippen LogP contribution in [0.5, 0.6) is 0 Å². The SMILES string of the molecule is CSc1cccc(NC(=O)C2CSCCS2)c1. The molecule has 2 nitrogen and oxygen atoms in total. The summed E-state index contributed by atoms with van der Waals surface area (Å²) in [6.07, 6.45) is 2.04. The van der Waals surface area contributed by atoms with Gasteiger partial charge in [0, 0.05) is 27.8 Å². The Morgan fingerprint density at radius 3 is 3.06 bits per heavy atom. The zero-order valence-corrected chi connectivity index (χ0v) is 12.1. The minimum atomic E-state index is 0.103. The molecule has 0 radical (unpaired) electrons. The van der Waals surface area contributed by atoms with E-state index in [1.165, 1.54) is 4.90 Å². The Balaban J connectivity index is 1.96. The number of amides is 1. The molecule has 1 aromatic carbocycles. The van der Waals surface area contributed by atoms with Gasteiger partial charge in [-0.25, -0.2) is 0 Å². The fourth-order valence-electron chi connectivity index (χ4n) is 1.56. The van der Waals surface area contributed by atoms with E-state index in [9.17, 15) is 4.79 Å². The van der Waals surface area contributed by atoms with E-state index >= 15 is 0 Å². The zero-order chi connectivity index (χ0) is 12.1. The molecule has 1 saturated heterocycles. The lowest BCUT2D eigenvalue weighted by Gasteiger charge is -2.20. The van der Waals surface area contributed by atoms with Gasteiger partial charge in [-0.15, -0.1) is 23.5 Å². The van der Waals surface area contributed by atoms with E-state index in [2.05, 4.69) is 5.32 Å². The summed E-state index contributed by atoms with van der Waals surface area (Å²) < 4.78 is 0. The van der Waals surface area contributed by atoms with E-state index in [1.807, 2.05) is 42.3 Å². The van der Waals surface area contributed by atoms with Gasteiger partial charge in [0.2, 0.25) is 5.91 Å². The number of anilines is 1. The van der Waals surface area contributed by atoms with Gasteiger partial charge in [-0.3, -0.25) is 4.79 Å². The van der Waals surface area contributed by atoms with Crippen molar-refractivity contribution in [1.82, 2.24) is 0 Å². The maximum absolute atomic E-state index is 12.0. The highest BCUT2D eigenvalue weighted by atomic mass is 32.2. The van der Waals surface area contributed by atoms with Crippen LogP contribution < -0.4 is 5.32 Å². The summed E-state index contributed by atoms with van der Waals surface area (Å²) in [6.45, 7) is 0. The number of hydrogen-bond acceptors (Lipinski definition) is 4. The molecule has 1 aromatic rings. The average Bonchev–Trinajstić information content (AvgIpc) is 2.40. The van der Waals surface area contributed by atoms with Crippen LogP contribution in [0.15, 0.2) is 29.2 Å². The second-order valence-corrected chi connectivity index (χ2v) is 7.00. The van der Waals surface area contributed by atoms with Crippen molar-refractivity contribution in [3.8, 4) is 0 Å². The summed E-state index contributed by atoms with van der Waals surface area (Å²) in [5.74, 6) is 3.31. The first-order valence-corrected chi connectivity index (χ1v) is 8.86. The lowest BCUT2D eigenvalue weighted by molar-refractivity contribution is -0.115. The summed E-state index contributed by atoms with van der Waals surface area (Å²) >= 11 is 5.31. The van der Waals surface area contributed by atoms with Crippen LogP contribution in [-0.4, -0.2) is 34.7 Å². The van der Waals surface area contributed by atoms with E-state index in [4.69, 9.17) is 0 Å². The molecule has 0 bridgehead atoms. The number of benzene rings is 1. The van der Waals surface area contributed by atoms with Gasteiger partial charge < -0.3 is 5.32 Å². The van der Waals surface area contributed by atoms with Gasteiger partial charge in [0.25, 0.3) is 0 Å². The Morgan fingerprint density at radius 2 is 2.35 bits per heavy atom. The highest BCUT2D eigenvalue weighted by Gasteiger charge is 2.22. The largest absolute Gasteiger partial charge is 0.325 e. The van der Waals surface area contributed by atoms with Crippen LogP contribution in [0.4, 0.5) is 5.69 Å². The standard InChI is InChI=1S/C12H15NOS3/c1-15-10-4-2-3-9(7-10)13-12(14)11-8-16-5-6-17-11/h2-4,7,11H,5-6,8H2,1H3,(H,13,14). The molecule has 0 aromatic heterocycles. The Kier molecular flexibility index (Phi) is 5.13. The van der Waals surface area contributed by atoms with Crippen LogP contribution in [0, 0.1) is 0 Å². The molecule has 0 aliphatic carbocycles.